The molecule has 4 aromatic heterocycles. The molecule has 0 spiro atoms. The molecule has 1 fully saturated rings. The second-order valence-corrected chi connectivity index (χ2v) is 17.5. The number of ketones is 1. The topological polar surface area (TPSA) is 221 Å². The summed E-state index contributed by atoms with van der Waals surface area (Å²) in [5.41, 5.74) is 6.19. The number of oxazole rings is 1. The number of rotatable bonds is 17. The molecule has 0 aliphatic carbocycles. The summed E-state index contributed by atoms with van der Waals surface area (Å²) >= 11 is 1.57. The predicted molar refractivity (Wildman–Crippen MR) is 237 cm³/mol. The van der Waals surface area contributed by atoms with Gasteiger partial charge in [0.2, 0.25) is 23.6 Å². The van der Waals surface area contributed by atoms with Gasteiger partial charge >= 0.3 is 0 Å². The summed E-state index contributed by atoms with van der Waals surface area (Å²) in [7, 11) is 1.54. The number of β-amino-alcohol motifs (C(OH)–C–C–N with tert-alkyl or cyclic N) is 1. The highest BCUT2D eigenvalue weighted by atomic mass is 32.1. The maximum Gasteiger partial charge on any atom is 0.266 e. The minimum Gasteiger partial charge on any atom is -0.490 e. The lowest BCUT2D eigenvalue weighted by atomic mass is 9.85. The highest BCUT2D eigenvalue weighted by Gasteiger charge is 2.44. The van der Waals surface area contributed by atoms with Crippen LogP contribution in [0.25, 0.3) is 33.1 Å². The van der Waals surface area contributed by atoms with Gasteiger partial charge in [-0.25, -0.2) is 19.6 Å². The molecule has 5 heterocycles. The predicted octanol–water partition coefficient (Wildman–Crippen LogP) is 4.44. The number of likely N-dealkylation sites (tertiary alicyclic amines) is 1. The molecular formula is C46H50N8O9S. The van der Waals surface area contributed by atoms with E-state index in [2.05, 4.69) is 30.7 Å². The van der Waals surface area contributed by atoms with E-state index in [9.17, 15) is 29.1 Å². The number of amides is 3. The van der Waals surface area contributed by atoms with Crippen LogP contribution >= 0.6 is 11.3 Å². The van der Waals surface area contributed by atoms with Gasteiger partial charge in [0, 0.05) is 45.5 Å². The molecule has 3 N–H and O–H groups in total. The molecule has 1 aliphatic rings. The maximum absolute atomic E-state index is 14.0. The Bertz CT molecular complexity index is 2690. The van der Waals surface area contributed by atoms with Crippen molar-refractivity contribution in [2.45, 2.75) is 71.7 Å². The van der Waals surface area contributed by atoms with Crippen LogP contribution in [-0.2, 0) is 39.1 Å². The molecular weight excluding hydrogens is 841 g/mol. The number of pyridine rings is 1. The number of benzene rings is 2. The Morgan fingerprint density at radius 1 is 0.984 bits per heavy atom. The molecule has 7 rings (SSSR count). The number of carbonyl (C=O) groups is 4. The van der Waals surface area contributed by atoms with Crippen LogP contribution in [-0.4, -0.2) is 103 Å². The van der Waals surface area contributed by atoms with Crippen LogP contribution in [0, 0.1) is 12.3 Å². The Labute approximate surface area is 372 Å². The molecule has 64 heavy (non-hydrogen) atoms. The van der Waals surface area contributed by atoms with Crippen molar-refractivity contribution < 1.29 is 38.2 Å². The Balaban J connectivity index is 0.830. The number of Topliss-reactive ketones (excluding diaryl/α,β-unsaturated/α-hetero) is 1. The molecule has 3 amide bonds. The zero-order valence-electron chi connectivity index (χ0n) is 36.2. The maximum atomic E-state index is 14.0. The van der Waals surface area contributed by atoms with Crippen LogP contribution in [0.1, 0.15) is 60.9 Å². The zero-order chi connectivity index (χ0) is 45.5. The van der Waals surface area contributed by atoms with E-state index < -0.39 is 35.4 Å². The second kappa shape index (κ2) is 19.8. The van der Waals surface area contributed by atoms with Gasteiger partial charge in [-0.05, 0) is 59.4 Å². The van der Waals surface area contributed by atoms with E-state index >= 15 is 0 Å². The number of aliphatic hydroxyl groups excluding tert-OH is 1. The van der Waals surface area contributed by atoms with E-state index in [1.165, 1.54) is 27.9 Å². The molecule has 17 nitrogen and oxygen atoms in total. The highest BCUT2D eigenvalue weighted by molar-refractivity contribution is 7.13. The van der Waals surface area contributed by atoms with Crippen LogP contribution < -0.4 is 20.9 Å². The summed E-state index contributed by atoms with van der Waals surface area (Å²) < 4.78 is 18.3. The van der Waals surface area contributed by atoms with Gasteiger partial charge < -0.3 is 34.5 Å². The fourth-order valence-corrected chi connectivity index (χ4v) is 8.03. The van der Waals surface area contributed by atoms with Crippen molar-refractivity contribution in [1.29, 1.82) is 0 Å². The molecule has 0 saturated carbocycles. The van der Waals surface area contributed by atoms with Gasteiger partial charge in [-0.15, -0.1) is 11.3 Å². The number of carbonyl (C=O) groups excluding carboxylic acids is 4. The normalized spacial score (nSPS) is 15.6. The first-order chi connectivity index (χ1) is 30.6. The smallest absolute Gasteiger partial charge is 0.266 e. The van der Waals surface area contributed by atoms with Gasteiger partial charge in [0.05, 0.1) is 41.6 Å². The SMILES string of the molecule is Cc1ncsc1-c1ccc(CNC(=O)[C@H]2C[C@H](O)CN2C(=O)[C@H](NC(=O)CCOCCOc2ccc(C(=O)Cc3ccc4oc(-c5ccc(=O)n(C)n5)nc4c3)nc2)C(C)(C)C)cc1. The lowest BCUT2D eigenvalue weighted by Gasteiger charge is -2.35. The van der Waals surface area contributed by atoms with Gasteiger partial charge in [-0.2, -0.15) is 5.10 Å². The molecule has 6 aromatic rings. The van der Waals surface area contributed by atoms with Gasteiger partial charge in [0.25, 0.3) is 5.56 Å². The third-order valence-corrected chi connectivity index (χ3v) is 11.7. The number of hydrogen-bond acceptors (Lipinski definition) is 14. The van der Waals surface area contributed by atoms with Crippen molar-refractivity contribution in [3.8, 4) is 27.8 Å². The molecule has 0 radical (unpaired) electrons. The van der Waals surface area contributed by atoms with Crippen molar-refractivity contribution in [1.82, 2.24) is 40.3 Å². The van der Waals surface area contributed by atoms with E-state index in [0.29, 0.717) is 22.5 Å². The van der Waals surface area contributed by atoms with Crippen molar-refractivity contribution in [2.75, 3.05) is 26.4 Å². The Morgan fingerprint density at radius 2 is 1.77 bits per heavy atom. The largest absolute Gasteiger partial charge is 0.490 e. The molecule has 0 bridgehead atoms. The molecule has 0 unspecified atom stereocenters. The number of nitrogens with zero attached hydrogens (tertiary/aromatic N) is 6. The number of hydrogen-bond donors (Lipinski definition) is 3. The summed E-state index contributed by atoms with van der Waals surface area (Å²) in [5, 5.41) is 20.5. The molecule has 334 valence electrons. The molecule has 1 aliphatic heterocycles. The van der Waals surface area contributed by atoms with Crippen molar-refractivity contribution in [3.63, 3.8) is 0 Å². The van der Waals surface area contributed by atoms with Gasteiger partial charge in [-0.1, -0.05) is 51.1 Å². The Kier molecular flexibility index (Phi) is 14.1. The minimum absolute atomic E-state index is 0.0245. The summed E-state index contributed by atoms with van der Waals surface area (Å²) in [6.07, 6.45) is 0.719. The first kappa shape index (κ1) is 45.4. The van der Waals surface area contributed by atoms with Gasteiger partial charge in [-0.3, -0.25) is 24.0 Å². The number of nitrogens with one attached hydrogen (secondary N) is 2. The zero-order valence-corrected chi connectivity index (χ0v) is 37.0. The minimum atomic E-state index is -0.961. The first-order valence-electron chi connectivity index (χ1n) is 20.8. The van der Waals surface area contributed by atoms with Crippen molar-refractivity contribution in [2.24, 2.45) is 12.5 Å². The van der Waals surface area contributed by atoms with Gasteiger partial charge in [0.1, 0.15) is 41.3 Å². The molecule has 1 saturated heterocycles. The van der Waals surface area contributed by atoms with E-state index in [0.717, 1.165) is 27.3 Å². The van der Waals surface area contributed by atoms with E-state index in [4.69, 9.17) is 13.9 Å². The Morgan fingerprint density at radius 3 is 2.47 bits per heavy atom. The quantitative estimate of drug-likeness (QED) is 0.0853. The number of thiazole rings is 1. The summed E-state index contributed by atoms with van der Waals surface area (Å²) in [6.45, 7) is 8.05. The number of ether oxygens (including phenoxy) is 2. The summed E-state index contributed by atoms with van der Waals surface area (Å²) in [4.78, 5) is 80.7. The molecule has 2 aromatic carbocycles. The third-order valence-electron chi connectivity index (χ3n) is 10.7. The Hall–Kier alpha value is -6.63. The van der Waals surface area contributed by atoms with Crippen LogP contribution in [0.5, 0.6) is 5.75 Å². The van der Waals surface area contributed by atoms with Crippen molar-refractivity contribution in [3.05, 3.63) is 111 Å². The number of aliphatic hydroxyl groups is 1. The van der Waals surface area contributed by atoms with Crippen LogP contribution in [0.2, 0.25) is 0 Å². The van der Waals surface area contributed by atoms with Gasteiger partial charge in [0.15, 0.2) is 11.4 Å². The van der Waals surface area contributed by atoms with Crippen LogP contribution in [0.3, 0.4) is 0 Å². The first-order valence-corrected chi connectivity index (χ1v) is 21.7. The van der Waals surface area contributed by atoms with E-state index in [-0.39, 0.29) is 81.0 Å². The average Bonchev–Trinajstić information content (AvgIpc) is 4.01. The fraction of sp³-hybridized carbons (Fsp3) is 0.370. The molecule has 18 heteroatoms. The summed E-state index contributed by atoms with van der Waals surface area (Å²) in [5.74, 6) is -0.738. The monoisotopic (exact) mass is 890 g/mol. The lowest BCUT2D eigenvalue weighted by Crippen LogP contribution is -2.57. The summed E-state index contributed by atoms with van der Waals surface area (Å²) in [6, 6.07) is 17.4. The number of aromatic nitrogens is 5. The average molecular weight is 891 g/mol. The third kappa shape index (κ3) is 11.1. The highest BCUT2D eigenvalue weighted by Crippen LogP contribution is 2.29. The van der Waals surface area contributed by atoms with Crippen LogP contribution in [0.4, 0.5) is 0 Å². The fourth-order valence-electron chi connectivity index (χ4n) is 7.21. The van der Waals surface area contributed by atoms with Crippen molar-refractivity contribution >= 4 is 45.9 Å². The molecule has 3 atom stereocenters. The van der Waals surface area contributed by atoms with E-state index in [1.54, 1.807) is 54.2 Å². The van der Waals surface area contributed by atoms with Crippen LogP contribution in [0.15, 0.2) is 87.6 Å². The lowest BCUT2D eigenvalue weighted by molar-refractivity contribution is -0.144. The number of fused-ring (bicyclic) bond motifs is 1. The second-order valence-electron chi connectivity index (χ2n) is 16.6. The standard InChI is InChI=1S/C46H50N8O9S/c1-27-41(64-26-49-27)30-9-6-28(7-10-30)23-48-43(59)36-22-31(55)25-54(36)45(60)42(46(2,3)4)51-39(57)16-17-61-18-19-62-32-11-12-33(47-24-32)37(56)21-29-8-14-38-35(20-29)50-44(63-38)34-13-15-40(58)53(5)52-34/h6-15,20,24,26,31,36,42,55H,16-19,21-23,25H2,1-5H3,(H,48,59)(H,51,57)/t31-,36+,42-/m0/s1. The number of aryl methyl sites for hydroxylation is 2. The van der Waals surface area contributed by atoms with E-state index in [1.807, 2.05) is 52.0 Å².